The molecule has 0 atom stereocenters. The van der Waals surface area contributed by atoms with Gasteiger partial charge in [-0.2, -0.15) is 13.2 Å². The highest BCUT2D eigenvalue weighted by molar-refractivity contribution is 6.31. The summed E-state index contributed by atoms with van der Waals surface area (Å²) in [5, 5.41) is 10.7. The van der Waals surface area contributed by atoms with Gasteiger partial charge in [-0.25, -0.2) is 0 Å². The summed E-state index contributed by atoms with van der Waals surface area (Å²) in [7, 11) is 0. The molecule has 3 rings (SSSR count). The smallest absolute Gasteiger partial charge is 0.417 e. The fourth-order valence-electron chi connectivity index (χ4n) is 2.09. The first kappa shape index (κ1) is 17.6. The average molecular weight is 388 g/mol. The van der Waals surface area contributed by atoms with Gasteiger partial charge in [0.2, 0.25) is 11.8 Å². The fourth-order valence-corrected chi connectivity index (χ4v) is 2.51. The zero-order valence-electron chi connectivity index (χ0n) is 12.4. The van der Waals surface area contributed by atoms with Gasteiger partial charge in [0, 0.05) is 16.3 Å². The Kier molecular flexibility index (Phi) is 4.87. The van der Waals surface area contributed by atoms with E-state index in [2.05, 4.69) is 15.5 Å². The summed E-state index contributed by atoms with van der Waals surface area (Å²) >= 11 is 11.5. The lowest BCUT2D eigenvalue weighted by Crippen LogP contribution is -2.07. The molecule has 130 valence electrons. The molecule has 0 saturated heterocycles. The van der Waals surface area contributed by atoms with Crippen LogP contribution in [0.1, 0.15) is 11.5 Å². The van der Waals surface area contributed by atoms with E-state index in [0.717, 1.165) is 6.07 Å². The van der Waals surface area contributed by atoms with E-state index < -0.39 is 11.7 Å². The molecular weight excluding hydrogens is 378 g/mol. The highest BCUT2D eigenvalue weighted by Crippen LogP contribution is 2.36. The van der Waals surface area contributed by atoms with E-state index in [9.17, 15) is 13.2 Å². The molecule has 0 radical (unpaired) electrons. The maximum atomic E-state index is 12.9. The van der Waals surface area contributed by atoms with E-state index in [1.54, 1.807) is 24.3 Å². The third kappa shape index (κ3) is 4.24. The molecule has 0 aliphatic rings. The van der Waals surface area contributed by atoms with Crippen molar-refractivity contribution in [3.8, 4) is 11.5 Å². The summed E-state index contributed by atoms with van der Waals surface area (Å²) in [5.41, 5.74) is -0.0272. The summed E-state index contributed by atoms with van der Waals surface area (Å²) < 4.78 is 44.0. The Labute approximate surface area is 150 Å². The van der Waals surface area contributed by atoms with Crippen molar-refractivity contribution in [1.29, 1.82) is 0 Å². The van der Waals surface area contributed by atoms with Gasteiger partial charge in [-0.15, -0.1) is 10.2 Å². The van der Waals surface area contributed by atoms with Crippen LogP contribution < -0.4 is 5.32 Å². The number of nitrogens with zero attached hydrogens (tertiary/aromatic N) is 2. The van der Waals surface area contributed by atoms with Gasteiger partial charge in [0.1, 0.15) is 0 Å². The highest BCUT2D eigenvalue weighted by Gasteiger charge is 2.33. The lowest BCUT2D eigenvalue weighted by atomic mass is 10.2. The van der Waals surface area contributed by atoms with Crippen LogP contribution in [-0.2, 0) is 12.7 Å². The summed E-state index contributed by atoms with van der Waals surface area (Å²) in [4.78, 5) is 0. The minimum atomic E-state index is -4.53. The number of hydrogen-bond donors (Lipinski definition) is 1. The first-order chi connectivity index (χ1) is 11.8. The second-order valence-corrected chi connectivity index (χ2v) is 5.90. The molecule has 0 saturated carbocycles. The first-order valence-corrected chi connectivity index (χ1v) is 7.77. The predicted molar refractivity (Wildman–Crippen MR) is 88.5 cm³/mol. The molecule has 0 amide bonds. The molecule has 25 heavy (non-hydrogen) atoms. The van der Waals surface area contributed by atoms with Crippen LogP contribution >= 0.6 is 23.2 Å². The van der Waals surface area contributed by atoms with Gasteiger partial charge >= 0.3 is 6.18 Å². The number of benzene rings is 2. The summed E-state index contributed by atoms with van der Waals surface area (Å²) in [6, 6.07) is 10.4. The van der Waals surface area contributed by atoms with Crippen molar-refractivity contribution in [3.05, 3.63) is 64.0 Å². The van der Waals surface area contributed by atoms with E-state index in [1.807, 2.05) is 0 Å². The molecule has 0 fully saturated rings. The zero-order valence-corrected chi connectivity index (χ0v) is 14.0. The second kappa shape index (κ2) is 6.93. The minimum absolute atomic E-state index is 0.0620. The monoisotopic (exact) mass is 387 g/mol. The van der Waals surface area contributed by atoms with Crippen molar-refractivity contribution in [2.75, 3.05) is 5.32 Å². The van der Waals surface area contributed by atoms with E-state index in [4.69, 9.17) is 27.6 Å². The molecule has 0 aliphatic heterocycles. The Hall–Kier alpha value is -2.25. The minimum Gasteiger partial charge on any atom is -0.419 e. The number of rotatable bonds is 4. The highest BCUT2D eigenvalue weighted by atomic mass is 35.5. The van der Waals surface area contributed by atoms with Crippen LogP contribution in [0.25, 0.3) is 11.5 Å². The lowest BCUT2D eigenvalue weighted by molar-refractivity contribution is -0.137. The normalized spacial score (nSPS) is 11.6. The SMILES string of the molecule is FC(F)(F)c1cc(NCc2nnc(-c3cccc(Cl)c3)o2)ccc1Cl. The number of hydrogen-bond acceptors (Lipinski definition) is 4. The topological polar surface area (TPSA) is 51.0 Å². The summed E-state index contributed by atoms with van der Waals surface area (Å²) in [6.07, 6.45) is -4.53. The van der Waals surface area contributed by atoms with Crippen LogP contribution in [0.4, 0.5) is 18.9 Å². The van der Waals surface area contributed by atoms with Gasteiger partial charge in [0.15, 0.2) is 0 Å². The van der Waals surface area contributed by atoms with Crippen molar-refractivity contribution >= 4 is 28.9 Å². The molecule has 0 aliphatic carbocycles. The van der Waals surface area contributed by atoms with Crippen LogP contribution in [0.2, 0.25) is 10.0 Å². The van der Waals surface area contributed by atoms with Crippen LogP contribution in [0.3, 0.4) is 0 Å². The Morgan fingerprint density at radius 3 is 2.56 bits per heavy atom. The van der Waals surface area contributed by atoms with Crippen molar-refractivity contribution in [1.82, 2.24) is 10.2 Å². The van der Waals surface area contributed by atoms with Gasteiger partial charge in [0.05, 0.1) is 17.1 Å². The molecule has 0 bridgehead atoms. The molecule has 3 aromatic rings. The van der Waals surface area contributed by atoms with Gasteiger partial charge in [0.25, 0.3) is 0 Å². The van der Waals surface area contributed by atoms with Gasteiger partial charge in [-0.05, 0) is 36.4 Å². The molecule has 9 heteroatoms. The number of alkyl halides is 3. The third-order valence-electron chi connectivity index (χ3n) is 3.25. The maximum absolute atomic E-state index is 12.9. The molecule has 1 heterocycles. The second-order valence-electron chi connectivity index (χ2n) is 5.06. The van der Waals surface area contributed by atoms with E-state index in [-0.39, 0.29) is 29.0 Å². The van der Waals surface area contributed by atoms with Crippen molar-refractivity contribution in [2.24, 2.45) is 0 Å². The van der Waals surface area contributed by atoms with Crippen molar-refractivity contribution in [3.63, 3.8) is 0 Å². The standard InChI is InChI=1S/C16H10Cl2F3N3O/c17-10-3-1-2-9(6-10)15-24-23-14(25-15)8-22-11-4-5-13(18)12(7-11)16(19,20)21/h1-7,22H,8H2. The Morgan fingerprint density at radius 2 is 1.84 bits per heavy atom. The van der Waals surface area contributed by atoms with Gasteiger partial charge < -0.3 is 9.73 Å². The third-order valence-corrected chi connectivity index (χ3v) is 3.82. The largest absolute Gasteiger partial charge is 0.419 e. The predicted octanol–water partition coefficient (Wildman–Crippen LogP) is 5.67. The summed E-state index contributed by atoms with van der Waals surface area (Å²) in [6.45, 7) is 0.0620. The quantitative estimate of drug-likeness (QED) is 0.625. The van der Waals surface area contributed by atoms with Crippen molar-refractivity contribution < 1.29 is 17.6 Å². The molecule has 0 unspecified atom stereocenters. The lowest BCUT2D eigenvalue weighted by Gasteiger charge is -2.11. The molecule has 1 aromatic heterocycles. The molecular formula is C16H10Cl2F3N3O. The van der Waals surface area contributed by atoms with Crippen LogP contribution in [0.15, 0.2) is 46.9 Å². The van der Waals surface area contributed by atoms with Gasteiger partial charge in [-0.1, -0.05) is 29.3 Å². The Balaban J connectivity index is 1.73. The average Bonchev–Trinajstić information content (AvgIpc) is 3.02. The molecule has 4 nitrogen and oxygen atoms in total. The Bertz CT molecular complexity index is 896. The summed E-state index contributed by atoms with van der Waals surface area (Å²) in [5.74, 6) is 0.491. The number of nitrogens with one attached hydrogen (secondary N) is 1. The van der Waals surface area contributed by atoms with Crippen LogP contribution in [-0.4, -0.2) is 10.2 Å². The van der Waals surface area contributed by atoms with Crippen LogP contribution in [0.5, 0.6) is 0 Å². The Morgan fingerprint density at radius 1 is 1.04 bits per heavy atom. The molecule has 2 aromatic carbocycles. The molecule has 0 spiro atoms. The van der Waals surface area contributed by atoms with E-state index >= 15 is 0 Å². The first-order valence-electron chi connectivity index (χ1n) is 7.02. The number of anilines is 1. The zero-order chi connectivity index (χ0) is 18.0. The van der Waals surface area contributed by atoms with Crippen molar-refractivity contribution in [2.45, 2.75) is 12.7 Å². The maximum Gasteiger partial charge on any atom is 0.417 e. The number of halogens is 5. The van der Waals surface area contributed by atoms with E-state index in [0.29, 0.717) is 10.6 Å². The van der Waals surface area contributed by atoms with Crippen LogP contribution in [0, 0.1) is 0 Å². The fraction of sp³-hybridized carbons (Fsp3) is 0.125. The van der Waals surface area contributed by atoms with Gasteiger partial charge in [-0.3, -0.25) is 0 Å². The van der Waals surface area contributed by atoms with E-state index in [1.165, 1.54) is 12.1 Å². The number of aromatic nitrogens is 2. The molecule has 1 N–H and O–H groups in total.